The molecular formula is C10H12ClNO4. The number of ether oxygens (including phenoxy) is 2. The van der Waals surface area contributed by atoms with E-state index >= 15 is 0 Å². The van der Waals surface area contributed by atoms with Crippen molar-refractivity contribution in [1.82, 2.24) is 0 Å². The molecule has 1 aromatic carbocycles. The van der Waals surface area contributed by atoms with Crippen LogP contribution in [0, 0.1) is 0 Å². The number of hydrogen-bond acceptors (Lipinski definition) is 4. The lowest BCUT2D eigenvalue weighted by Crippen LogP contribution is -2.21. The molecular weight excluding hydrogens is 234 g/mol. The minimum atomic E-state index is -1.21. The fourth-order valence-electron chi connectivity index (χ4n) is 1.32. The van der Waals surface area contributed by atoms with Gasteiger partial charge in [-0.3, -0.25) is 4.79 Å². The van der Waals surface area contributed by atoms with Crippen LogP contribution in [0.25, 0.3) is 0 Å². The van der Waals surface area contributed by atoms with Crippen LogP contribution >= 0.6 is 11.6 Å². The Balaban J connectivity index is 3.35. The van der Waals surface area contributed by atoms with Gasteiger partial charge in [0.1, 0.15) is 6.04 Å². The summed E-state index contributed by atoms with van der Waals surface area (Å²) in [5.41, 5.74) is 5.79. The molecule has 1 rings (SSSR count). The summed E-state index contributed by atoms with van der Waals surface area (Å²) in [5, 5.41) is 9.18. The fourth-order valence-corrected chi connectivity index (χ4v) is 1.54. The van der Waals surface area contributed by atoms with E-state index in [1.165, 1.54) is 26.4 Å². The number of halogens is 1. The molecule has 0 aromatic heterocycles. The van der Waals surface area contributed by atoms with Crippen molar-refractivity contribution in [2.45, 2.75) is 6.04 Å². The zero-order chi connectivity index (χ0) is 12.3. The highest BCUT2D eigenvalue weighted by molar-refractivity contribution is 6.30. The molecule has 1 aromatic rings. The van der Waals surface area contributed by atoms with E-state index in [-0.39, 0.29) is 11.3 Å². The molecule has 0 radical (unpaired) electrons. The summed E-state index contributed by atoms with van der Waals surface area (Å²) in [6, 6.07) is 1.77. The van der Waals surface area contributed by atoms with Crippen LogP contribution in [0.2, 0.25) is 5.02 Å². The summed E-state index contributed by atoms with van der Waals surface area (Å²) in [6.45, 7) is 0. The van der Waals surface area contributed by atoms with Gasteiger partial charge in [0.2, 0.25) is 0 Å². The first-order chi connectivity index (χ1) is 7.51. The van der Waals surface area contributed by atoms with Gasteiger partial charge >= 0.3 is 5.97 Å². The lowest BCUT2D eigenvalue weighted by atomic mass is 10.1. The van der Waals surface area contributed by atoms with E-state index in [1.807, 2.05) is 0 Å². The van der Waals surface area contributed by atoms with E-state index in [2.05, 4.69) is 0 Å². The third-order valence-corrected chi connectivity index (χ3v) is 2.29. The number of methoxy groups -OCH3 is 2. The van der Waals surface area contributed by atoms with Gasteiger partial charge in [0.25, 0.3) is 0 Å². The lowest BCUT2D eigenvalue weighted by Gasteiger charge is -2.15. The molecule has 1 unspecified atom stereocenters. The number of aliphatic carboxylic acids is 1. The lowest BCUT2D eigenvalue weighted by molar-refractivity contribution is -0.138. The zero-order valence-corrected chi connectivity index (χ0v) is 9.62. The SMILES string of the molecule is COc1cc(Cl)cc(C(N)C(=O)O)c1OC. The minimum Gasteiger partial charge on any atom is -0.493 e. The van der Waals surface area contributed by atoms with Gasteiger partial charge in [-0.15, -0.1) is 0 Å². The molecule has 16 heavy (non-hydrogen) atoms. The molecule has 0 heterocycles. The van der Waals surface area contributed by atoms with Crippen LogP contribution in [0.4, 0.5) is 0 Å². The molecule has 0 aliphatic heterocycles. The van der Waals surface area contributed by atoms with Crippen molar-refractivity contribution in [2.75, 3.05) is 14.2 Å². The van der Waals surface area contributed by atoms with Gasteiger partial charge in [-0.2, -0.15) is 0 Å². The molecule has 3 N–H and O–H groups in total. The predicted molar refractivity (Wildman–Crippen MR) is 59.1 cm³/mol. The third-order valence-electron chi connectivity index (χ3n) is 2.07. The Morgan fingerprint density at radius 2 is 2.06 bits per heavy atom. The van der Waals surface area contributed by atoms with Gasteiger partial charge in [-0.05, 0) is 6.07 Å². The average molecular weight is 246 g/mol. The Labute approximate surface area is 97.7 Å². The van der Waals surface area contributed by atoms with Gasteiger partial charge in [-0.1, -0.05) is 11.6 Å². The van der Waals surface area contributed by atoms with Crippen molar-refractivity contribution >= 4 is 17.6 Å². The Hall–Kier alpha value is -1.46. The average Bonchev–Trinajstić information content (AvgIpc) is 2.26. The first kappa shape index (κ1) is 12.6. The van der Waals surface area contributed by atoms with Crippen LogP contribution < -0.4 is 15.2 Å². The van der Waals surface area contributed by atoms with Gasteiger partial charge in [0.05, 0.1) is 14.2 Å². The maximum Gasteiger partial charge on any atom is 0.325 e. The van der Waals surface area contributed by atoms with Crippen LogP contribution in [-0.2, 0) is 4.79 Å². The van der Waals surface area contributed by atoms with E-state index in [0.717, 1.165) is 0 Å². The summed E-state index contributed by atoms with van der Waals surface area (Å²) < 4.78 is 10.1. The molecule has 0 aliphatic carbocycles. The van der Waals surface area contributed by atoms with Crippen molar-refractivity contribution in [1.29, 1.82) is 0 Å². The molecule has 88 valence electrons. The Morgan fingerprint density at radius 1 is 1.44 bits per heavy atom. The van der Waals surface area contributed by atoms with Gasteiger partial charge < -0.3 is 20.3 Å². The number of carboxylic acid groups (broad SMARTS) is 1. The second kappa shape index (κ2) is 5.05. The van der Waals surface area contributed by atoms with Crippen molar-refractivity contribution < 1.29 is 19.4 Å². The minimum absolute atomic E-state index is 0.277. The molecule has 6 heteroatoms. The summed E-state index contributed by atoms with van der Waals surface area (Å²) in [6.07, 6.45) is 0. The topological polar surface area (TPSA) is 81.8 Å². The highest BCUT2D eigenvalue weighted by Crippen LogP contribution is 2.37. The monoisotopic (exact) mass is 245 g/mol. The van der Waals surface area contributed by atoms with Crippen molar-refractivity contribution in [2.24, 2.45) is 5.73 Å². The maximum absolute atomic E-state index is 10.8. The van der Waals surface area contributed by atoms with Crippen LogP contribution in [0.1, 0.15) is 11.6 Å². The number of rotatable bonds is 4. The predicted octanol–water partition coefficient (Wildman–Crippen LogP) is 1.44. The largest absolute Gasteiger partial charge is 0.493 e. The van der Waals surface area contributed by atoms with E-state index < -0.39 is 12.0 Å². The van der Waals surface area contributed by atoms with Crippen molar-refractivity contribution in [3.63, 3.8) is 0 Å². The smallest absolute Gasteiger partial charge is 0.325 e. The first-order valence-electron chi connectivity index (χ1n) is 4.41. The molecule has 0 saturated carbocycles. The summed E-state index contributed by atoms with van der Waals surface area (Å²) in [7, 11) is 2.84. The second-order valence-electron chi connectivity index (χ2n) is 3.05. The van der Waals surface area contributed by atoms with Gasteiger partial charge in [0, 0.05) is 16.7 Å². The highest BCUT2D eigenvalue weighted by atomic mass is 35.5. The number of benzene rings is 1. The number of carbonyl (C=O) groups is 1. The van der Waals surface area contributed by atoms with E-state index in [0.29, 0.717) is 10.8 Å². The zero-order valence-electron chi connectivity index (χ0n) is 8.86. The van der Waals surface area contributed by atoms with E-state index in [1.54, 1.807) is 0 Å². The Kier molecular flexibility index (Phi) is 3.98. The summed E-state index contributed by atoms with van der Waals surface area (Å²) in [5.74, 6) is -0.536. The van der Waals surface area contributed by atoms with Crippen LogP contribution in [0.5, 0.6) is 11.5 Å². The molecule has 5 nitrogen and oxygen atoms in total. The fraction of sp³-hybridized carbons (Fsp3) is 0.300. The molecule has 0 fully saturated rings. The van der Waals surface area contributed by atoms with Crippen LogP contribution in [-0.4, -0.2) is 25.3 Å². The maximum atomic E-state index is 10.8. The molecule has 0 saturated heterocycles. The number of carboxylic acids is 1. The third kappa shape index (κ3) is 2.37. The molecule has 0 bridgehead atoms. The summed E-state index contributed by atoms with van der Waals surface area (Å²) >= 11 is 5.82. The quantitative estimate of drug-likeness (QED) is 0.839. The summed E-state index contributed by atoms with van der Waals surface area (Å²) in [4.78, 5) is 10.8. The number of nitrogens with two attached hydrogens (primary N) is 1. The molecule has 0 amide bonds. The number of hydrogen-bond donors (Lipinski definition) is 2. The van der Waals surface area contributed by atoms with Gasteiger partial charge in [-0.25, -0.2) is 0 Å². The standard InChI is InChI=1S/C10H12ClNO4/c1-15-7-4-5(11)3-6(9(7)16-2)8(12)10(13)14/h3-4,8H,12H2,1-2H3,(H,13,14). The molecule has 0 spiro atoms. The van der Waals surface area contributed by atoms with E-state index in [9.17, 15) is 4.79 Å². The molecule has 1 atom stereocenters. The van der Waals surface area contributed by atoms with Crippen molar-refractivity contribution in [3.8, 4) is 11.5 Å². The normalized spacial score (nSPS) is 12.0. The Morgan fingerprint density at radius 3 is 2.50 bits per heavy atom. The van der Waals surface area contributed by atoms with Crippen LogP contribution in [0.15, 0.2) is 12.1 Å². The Bertz CT molecular complexity index is 408. The molecule has 0 aliphatic rings. The van der Waals surface area contributed by atoms with Crippen LogP contribution in [0.3, 0.4) is 0 Å². The van der Waals surface area contributed by atoms with Gasteiger partial charge in [0.15, 0.2) is 11.5 Å². The highest BCUT2D eigenvalue weighted by Gasteiger charge is 2.22. The van der Waals surface area contributed by atoms with Crippen molar-refractivity contribution in [3.05, 3.63) is 22.7 Å². The van der Waals surface area contributed by atoms with E-state index in [4.69, 9.17) is 31.9 Å². The second-order valence-corrected chi connectivity index (χ2v) is 3.48. The first-order valence-corrected chi connectivity index (χ1v) is 4.78.